The van der Waals surface area contributed by atoms with Crippen LogP contribution in [-0.2, 0) is 17.8 Å². The second kappa shape index (κ2) is 7.89. The third-order valence-electron chi connectivity index (χ3n) is 4.91. The third kappa shape index (κ3) is 4.09. The average Bonchev–Trinajstić information content (AvgIpc) is 2.60. The van der Waals surface area contributed by atoms with E-state index in [1.54, 1.807) is 6.92 Å². The van der Waals surface area contributed by atoms with Crippen LogP contribution in [0.2, 0.25) is 0 Å². The van der Waals surface area contributed by atoms with Gasteiger partial charge < -0.3 is 19.1 Å². The number of carbonyl (C=O) groups is 1. The fourth-order valence-electron chi connectivity index (χ4n) is 3.56. The van der Waals surface area contributed by atoms with E-state index in [4.69, 9.17) is 9.15 Å². The first kappa shape index (κ1) is 19.7. The van der Waals surface area contributed by atoms with E-state index in [0.717, 1.165) is 22.1 Å². The lowest BCUT2D eigenvalue weighted by Gasteiger charge is -2.14. The van der Waals surface area contributed by atoms with Gasteiger partial charge in [0.25, 0.3) is 0 Å². The van der Waals surface area contributed by atoms with Gasteiger partial charge in [-0.05, 0) is 63.8 Å². The van der Waals surface area contributed by atoms with Gasteiger partial charge in [-0.25, -0.2) is 4.79 Å². The molecule has 0 unspecified atom stereocenters. The van der Waals surface area contributed by atoms with Crippen molar-refractivity contribution in [2.45, 2.75) is 47.1 Å². The number of hydrogen-bond donors (Lipinski definition) is 0. The van der Waals surface area contributed by atoms with E-state index >= 15 is 0 Å². The molecule has 0 spiro atoms. The fourth-order valence-corrected chi connectivity index (χ4v) is 3.56. The van der Waals surface area contributed by atoms with Gasteiger partial charge in [0.2, 0.25) is 0 Å². The normalized spacial score (nSPS) is 11.0. The van der Waals surface area contributed by atoms with Crippen LogP contribution in [-0.4, -0.2) is 5.97 Å². The van der Waals surface area contributed by atoms with Gasteiger partial charge >= 0.3 is 5.63 Å². The summed E-state index contributed by atoms with van der Waals surface area (Å²) in [6, 6.07) is 9.98. The van der Waals surface area contributed by atoms with E-state index in [2.05, 4.69) is 18.2 Å². The summed E-state index contributed by atoms with van der Waals surface area (Å²) in [7, 11) is 0. The van der Waals surface area contributed by atoms with Crippen molar-refractivity contribution in [1.82, 2.24) is 0 Å². The van der Waals surface area contributed by atoms with Gasteiger partial charge in [-0.2, -0.15) is 0 Å². The molecule has 2 aromatic carbocycles. The average molecular weight is 379 g/mol. The van der Waals surface area contributed by atoms with Crippen LogP contribution in [0.5, 0.6) is 5.75 Å². The molecule has 0 saturated carbocycles. The maximum absolute atomic E-state index is 12.4. The molecule has 0 amide bonds. The summed E-state index contributed by atoms with van der Waals surface area (Å²) >= 11 is 0. The molecule has 146 valence electrons. The van der Waals surface area contributed by atoms with Crippen LogP contribution >= 0.6 is 0 Å². The second-order valence-corrected chi connectivity index (χ2v) is 7.22. The van der Waals surface area contributed by atoms with Crippen molar-refractivity contribution in [3.8, 4) is 5.75 Å². The standard InChI is InChI=1S/C23H24O5/c1-13-9-14(2)11-17(10-13)12-27-20-7-5-18-15(3)19(6-8-21(24)25)23(26)28-22(18)16(20)4/h5,7,9-11H,6,8,12H2,1-4H3,(H,24,25)/p-1. The van der Waals surface area contributed by atoms with Gasteiger partial charge in [-0.15, -0.1) is 0 Å². The Morgan fingerprint density at radius 3 is 2.36 bits per heavy atom. The fraction of sp³-hybridized carbons (Fsp3) is 0.304. The smallest absolute Gasteiger partial charge is 0.339 e. The second-order valence-electron chi connectivity index (χ2n) is 7.22. The first-order valence-electron chi connectivity index (χ1n) is 9.22. The van der Waals surface area contributed by atoms with Gasteiger partial charge in [0.1, 0.15) is 17.9 Å². The number of carboxylic acid groups (broad SMARTS) is 1. The highest BCUT2D eigenvalue weighted by molar-refractivity contribution is 5.85. The quantitative estimate of drug-likeness (QED) is 0.614. The maximum atomic E-state index is 12.4. The van der Waals surface area contributed by atoms with Crippen LogP contribution in [0.3, 0.4) is 0 Å². The van der Waals surface area contributed by atoms with Crippen molar-refractivity contribution >= 4 is 16.9 Å². The summed E-state index contributed by atoms with van der Waals surface area (Å²) in [4.78, 5) is 23.1. The lowest BCUT2D eigenvalue weighted by atomic mass is 10.0. The molecule has 0 bridgehead atoms. The van der Waals surface area contributed by atoms with Gasteiger partial charge in [0.05, 0.1) is 0 Å². The first-order valence-corrected chi connectivity index (χ1v) is 9.22. The lowest BCUT2D eigenvalue weighted by Crippen LogP contribution is -2.24. The number of aryl methyl sites for hydroxylation is 4. The Hall–Kier alpha value is -3.08. The van der Waals surface area contributed by atoms with Gasteiger partial charge in [0, 0.05) is 22.5 Å². The minimum atomic E-state index is -1.19. The summed E-state index contributed by atoms with van der Waals surface area (Å²) in [6.45, 7) is 8.17. The van der Waals surface area contributed by atoms with Crippen molar-refractivity contribution in [1.29, 1.82) is 0 Å². The minimum absolute atomic E-state index is 0.0937. The molecule has 0 radical (unpaired) electrons. The molecule has 0 aliphatic carbocycles. The Morgan fingerprint density at radius 1 is 1.04 bits per heavy atom. The molecule has 0 atom stereocenters. The van der Waals surface area contributed by atoms with Crippen molar-refractivity contribution in [3.05, 3.63) is 74.1 Å². The molecule has 0 aliphatic heterocycles. The monoisotopic (exact) mass is 379 g/mol. The van der Waals surface area contributed by atoms with Crippen molar-refractivity contribution in [3.63, 3.8) is 0 Å². The van der Waals surface area contributed by atoms with E-state index in [9.17, 15) is 14.7 Å². The summed E-state index contributed by atoms with van der Waals surface area (Å²) in [6.07, 6.45) is -0.121. The number of fused-ring (bicyclic) bond motifs is 1. The summed E-state index contributed by atoms with van der Waals surface area (Å²) in [5.74, 6) is -0.540. The van der Waals surface area contributed by atoms with Crippen LogP contribution in [0.25, 0.3) is 11.0 Å². The van der Waals surface area contributed by atoms with Crippen LogP contribution in [0.1, 0.15) is 39.8 Å². The van der Waals surface area contributed by atoms with Gasteiger partial charge in [-0.1, -0.05) is 29.3 Å². The molecule has 0 fully saturated rings. The predicted octanol–water partition coefficient (Wildman–Crippen LogP) is 3.29. The third-order valence-corrected chi connectivity index (χ3v) is 4.91. The van der Waals surface area contributed by atoms with Crippen molar-refractivity contribution in [2.24, 2.45) is 0 Å². The molecule has 0 saturated heterocycles. The predicted molar refractivity (Wildman–Crippen MR) is 106 cm³/mol. The zero-order chi connectivity index (χ0) is 20.4. The Balaban J connectivity index is 1.93. The Kier molecular flexibility index (Phi) is 5.54. The van der Waals surface area contributed by atoms with Crippen molar-refractivity contribution < 1.29 is 19.1 Å². The zero-order valence-corrected chi connectivity index (χ0v) is 16.5. The molecule has 28 heavy (non-hydrogen) atoms. The summed E-state index contributed by atoms with van der Waals surface area (Å²) in [5, 5.41) is 11.5. The van der Waals surface area contributed by atoms with Crippen LogP contribution < -0.4 is 15.5 Å². The number of aliphatic carboxylic acids is 1. The Bertz CT molecular complexity index is 1090. The number of carboxylic acids is 1. The Morgan fingerprint density at radius 2 is 1.71 bits per heavy atom. The van der Waals surface area contributed by atoms with Crippen molar-refractivity contribution in [2.75, 3.05) is 0 Å². The number of carbonyl (C=O) groups excluding carboxylic acids is 1. The van der Waals surface area contributed by atoms with E-state index in [-0.39, 0.29) is 12.8 Å². The molecule has 1 aromatic heterocycles. The van der Waals surface area contributed by atoms with E-state index < -0.39 is 11.6 Å². The highest BCUT2D eigenvalue weighted by atomic mass is 16.5. The highest BCUT2D eigenvalue weighted by Crippen LogP contribution is 2.30. The number of benzene rings is 2. The van der Waals surface area contributed by atoms with Crippen LogP contribution in [0.4, 0.5) is 0 Å². The maximum Gasteiger partial charge on any atom is 0.339 e. The highest BCUT2D eigenvalue weighted by Gasteiger charge is 2.15. The summed E-state index contributed by atoms with van der Waals surface area (Å²) in [5.41, 5.74) is 5.25. The molecule has 0 aliphatic rings. The zero-order valence-electron chi connectivity index (χ0n) is 16.5. The molecule has 3 rings (SSSR count). The summed E-state index contributed by atoms with van der Waals surface area (Å²) < 4.78 is 11.5. The molecule has 5 heteroatoms. The first-order chi connectivity index (χ1) is 13.3. The Labute approximate surface area is 163 Å². The SMILES string of the molecule is Cc1cc(C)cc(COc2ccc3c(C)c(CCC(=O)[O-])c(=O)oc3c2C)c1. The molecule has 3 aromatic rings. The van der Waals surface area contributed by atoms with E-state index in [1.165, 1.54) is 11.1 Å². The molecular formula is C23H23O5-. The van der Waals surface area contributed by atoms with Gasteiger partial charge in [0.15, 0.2) is 0 Å². The molecule has 5 nitrogen and oxygen atoms in total. The minimum Gasteiger partial charge on any atom is -0.550 e. The number of ether oxygens (including phenoxy) is 1. The number of rotatable bonds is 6. The molecule has 1 heterocycles. The molecular weight excluding hydrogens is 356 g/mol. The van der Waals surface area contributed by atoms with E-state index in [0.29, 0.717) is 23.5 Å². The van der Waals surface area contributed by atoms with E-state index in [1.807, 2.05) is 32.9 Å². The topological polar surface area (TPSA) is 79.6 Å². The lowest BCUT2D eigenvalue weighted by molar-refractivity contribution is -0.305. The van der Waals surface area contributed by atoms with Gasteiger partial charge in [-0.3, -0.25) is 0 Å². The number of hydrogen-bond acceptors (Lipinski definition) is 5. The van der Waals surface area contributed by atoms with Crippen LogP contribution in [0, 0.1) is 27.7 Å². The largest absolute Gasteiger partial charge is 0.550 e. The van der Waals surface area contributed by atoms with Crippen LogP contribution in [0.15, 0.2) is 39.5 Å². The molecule has 0 N–H and O–H groups in total.